The van der Waals surface area contributed by atoms with Crippen LogP contribution in [0.15, 0.2) is 4.99 Å². The minimum atomic E-state index is -1.19. The monoisotopic (exact) mass is 471 g/mol. The number of nitrogens with two attached hydrogens (primary N) is 3. The van der Waals surface area contributed by atoms with E-state index >= 15 is 0 Å². The highest BCUT2D eigenvalue weighted by molar-refractivity contribution is 5.94. The number of carbonyl (C=O) groups excluding carboxylic acids is 3. The van der Waals surface area contributed by atoms with Crippen molar-refractivity contribution < 1.29 is 24.3 Å². The van der Waals surface area contributed by atoms with Gasteiger partial charge in [-0.05, 0) is 38.0 Å². The van der Waals surface area contributed by atoms with Crippen LogP contribution in [0.3, 0.4) is 0 Å². The average molecular weight is 472 g/mol. The van der Waals surface area contributed by atoms with Crippen LogP contribution in [0.25, 0.3) is 0 Å². The molecule has 0 aromatic carbocycles. The maximum absolute atomic E-state index is 13.0. The molecule has 0 heterocycles. The lowest BCUT2D eigenvalue weighted by Crippen LogP contribution is -2.57. The molecule has 0 bridgehead atoms. The molecule has 0 radical (unpaired) electrons. The molecule has 0 saturated heterocycles. The van der Waals surface area contributed by atoms with Crippen LogP contribution in [-0.4, -0.2) is 65.5 Å². The fourth-order valence-corrected chi connectivity index (χ4v) is 2.90. The lowest BCUT2D eigenvalue weighted by Gasteiger charge is -2.26. The van der Waals surface area contributed by atoms with Gasteiger partial charge >= 0.3 is 5.97 Å². The minimum Gasteiger partial charge on any atom is -0.480 e. The van der Waals surface area contributed by atoms with E-state index in [1.165, 1.54) is 6.92 Å². The Labute approximate surface area is 195 Å². The van der Waals surface area contributed by atoms with Crippen molar-refractivity contribution in [3.63, 3.8) is 0 Å². The average Bonchev–Trinajstić information content (AvgIpc) is 2.73. The molecule has 5 unspecified atom stereocenters. The summed E-state index contributed by atoms with van der Waals surface area (Å²) in [7, 11) is 0. The van der Waals surface area contributed by atoms with Gasteiger partial charge < -0.3 is 38.3 Å². The van der Waals surface area contributed by atoms with Crippen LogP contribution in [0.5, 0.6) is 0 Å². The second-order valence-corrected chi connectivity index (χ2v) is 8.68. The molecule has 10 N–H and O–H groups in total. The number of nitrogens with one attached hydrogen (secondary N) is 3. The normalized spacial score (nSPS) is 15.5. The number of rotatable bonds is 15. The van der Waals surface area contributed by atoms with Gasteiger partial charge in [0.05, 0.1) is 6.04 Å². The van der Waals surface area contributed by atoms with E-state index in [4.69, 9.17) is 22.3 Å². The maximum atomic E-state index is 13.0. The Kier molecular flexibility index (Phi) is 13.7. The smallest absolute Gasteiger partial charge is 0.325 e. The predicted octanol–water partition coefficient (Wildman–Crippen LogP) is -0.982. The van der Waals surface area contributed by atoms with Gasteiger partial charge in [-0.2, -0.15) is 0 Å². The summed E-state index contributed by atoms with van der Waals surface area (Å²) in [5, 5.41) is 16.7. The van der Waals surface area contributed by atoms with Crippen molar-refractivity contribution in [1.82, 2.24) is 16.0 Å². The van der Waals surface area contributed by atoms with Gasteiger partial charge in [0.1, 0.15) is 18.1 Å². The molecule has 0 aromatic rings. The molecule has 0 rings (SSSR count). The molecule has 0 aliphatic rings. The first-order valence-electron chi connectivity index (χ1n) is 11.2. The molecular formula is C21H41N7O5. The molecular weight excluding hydrogens is 430 g/mol. The Morgan fingerprint density at radius 3 is 1.94 bits per heavy atom. The number of carboxylic acids is 1. The lowest BCUT2D eigenvalue weighted by atomic mass is 9.98. The number of carbonyl (C=O) groups is 4. The molecule has 12 heteroatoms. The first-order valence-corrected chi connectivity index (χ1v) is 11.2. The second kappa shape index (κ2) is 15.0. The Morgan fingerprint density at radius 1 is 0.909 bits per heavy atom. The number of guanidine groups is 1. The summed E-state index contributed by atoms with van der Waals surface area (Å²) in [5.74, 6) is -3.00. The van der Waals surface area contributed by atoms with Crippen LogP contribution in [0.2, 0.25) is 0 Å². The molecule has 0 spiro atoms. The molecule has 190 valence electrons. The van der Waals surface area contributed by atoms with Gasteiger partial charge in [-0.3, -0.25) is 24.2 Å². The van der Waals surface area contributed by atoms with Crippen molar-refractivity contribution in [2.75, 3.05) is 6.54 Å². The zero-order chi connectivity index (χ0) is 25.7. The fraction of sp³-hybridized carbons (Fsp3) is 0.762. The van der Waals surface area contributed by atoms with Gasteiger partial charge in [-0.15, -0.1) is 0 Å². The van der Waals surface area contributed by atoms with E-state index in [1.54, 1.807) is 0 Å². The van der Waals surface area contributed by atoms with E-state index in [1.807, 2.05) is 27.7 Å². The summed E-state index contributed by atoms with van der Waals surface area (Å²) in [6.07, 6.45) is 1.58. The molecule has 33 heavy (non-hydrogen) atoms. The quantitative estimate of drug-likeness (QED) is 0.0892. The second-order valence-electron chi connectivity index (χ2n) is 8.68. The van der Waals surface area contributed by atoms with E-state index in [9.17, 15) is 19.2 Å². The molecule has 0 fully saturated rings. The van der Waals surface area contributed by atoms with E-state index in [2.05, 4.69) is 20.9 Å². The number of aliphatic carboxylic acids is 1. The topological polar surface area (TPSA) is 215 Å². The Morgan fingerprint density at radius 2 is 1.45 bits per heavy atom. The molecule has 12 nitrogen and oxygen atoms in total. The van der Waals surface area contributed by atoms with Gasteiger partial charge in [0.25, 0.3) is 0 Å². The van der Waals surface area contributed by atoms with Crippen LogP contribution in [0, 0.1) is 11.8 Å². The minimum absolute atomic E-state index is 0.0370. The summed E-state index contributed by atoms with van der Waals surface area (Å²) < 4.78 is 0. The first kappa shape index (κ1) is 30.1. The maximum Gasteiger partial charge on any atom is 0.325 e. The van der Waals surface area contributed by atoms with Crippen molar-refractivity contribution in [1.29, 1.82) is 0 Å². The fourth-order valence-electron chi connectivity index (χ4n) is 2.90. The summed E-state index contributed by atoms with van der Waals surface area (Å²) >= 11 is 0. The number of amides is 3. The Hall–Kier alpha value is -2.89. The zero-order valence-corrected chi connectivity index (χ0v) is 20.3. The molecule has 0 saturated carbocycles. The van der Waals surface area contributed by atoms with Crippen LogP contribution in [0.4, 0.5) is 0 Å². The third-order valence-electron chi connectivity index (χ3n) is 5.21. The van der Waals surface area contributed by atoms with E-state index in [0.29, 0.717) is 12.8 Å². The third-order valence-corrected chi connectivity index (χ3v) is 5.21. The number of hydrogen-bond donors (Lipinski definition) is 7. The van der Waals surface area contributed by atoms with Crippen LogP contribution < -0.4 is 33.2 Å². The third kappa shape index (κ3) is 12.1. The number of carboxylic acid groups (broad SMARTS) is 1. The highest BCUT2D eigenvalue weighted by Gasteiger charge is 2.30. The summed E-state index contributed by atoms with van der Waals surface area (Å²) in [6.45, 7) is 9.07. The lowest BCUT2D eigenvalue weighted by molar-refractivity contribution is -0.142. The Bertz CT molecular complexity index is 694. The SMILES string of the molecule is CCC(C)C(N)C(=O)NC(CCCN=C(N)N)C(=O)NC(CC(C)C)C(=O)NC(C)C(=O)O. The predicted molar refractivity (Wildman–Crippen MR) is 126 cm³/mol. The Balaban J connectivity index is 5.50. The van der Waals surface area contributed by atoms with Crippen LogP contribution in [0.1, 0.15) is 60.3 Å². The molecule has 3 amide bonds. The van der Waals surface area contributed by atoms with Gasteiger partial charge in [0.2, 0.25) is 17.7 Å². The van der Waals surface area contributed by atoms with E-state index in [0.717, 1.165) is 0 Å². The van der Waals surface area contributed by atoms with Crippen LogP contribution in [-0.2, 0) is 19.2 Å². The largest absolute Gasteiger partial charge is 0.480 e. The van der Waals surface area contributed by atoms with Gasteiger partial charge in [0, 0.05) is 6.54 Å². The molecule has 0 aliphatic heterocycles. The zero-order valence-electron chi connectivity index (χ0n) is 20.3. The van der Waals surface area contributed by atoms with E-state index in [-0.39, 0.29) is 37.2 Å². The number of aliphatic imine (C=N–C) groups is 1. The van der Waals surface area contributed by atoms with Crippen molar-refractivity contribution in [3.8, 4) is 0 Å². The molecule has 0 aromatic heterocycles. The summed E-state index contributed by atoms with van der Waals surface area (Å²) in [5.41, 5.74) is 16.6. The summed E-state index contributed by atoms with van der Waals surface area (Å²) in [4.78, 5) is 53.2. The van der Waals surface area contributed by atoms with Gasteiger partial charge in [0.15, 0.2) is 5.96 Å². The number of hydrogen-bond acceptors (Lipinski definition) is 6. The van der Waals surface area contributed by atoms with Crippen molar-refractivity contribution in [2.24, 2.45) is 34.0 Å². The highest BCUT2D eigenvalue weighted by Crippen LogP contribution is 2.09. The molecule has 5 atom stereocenters. The number of nitrogens with zero attached hydrogens (tertiary/aromatic N) is 1. The van der Waals surface area contributed by atoms with Crippen molar-refractivity contribution in [2.45, 2.75) is 84.5 Å². The van der Waals surface area contributed by atoms with Gasteiger partial charge in [-0.1, -0.05) is 34.1 Å². The van der Waals surface area contributed by atoms with Crippen LogP contribution >= 0.6 is 0 Å². The van der Waals surface area contributed by atoms with Gasteiger partial charge in [-0.25, -0.2) is 0 Å². The van der Waals surface area contributed by atoms with Crippen molar-refractivity contribution in [3.05, 3.63) is 0 Å². The standard InChI is InChI=1S/C21H41N7O5/c1-6-12(4)16(22)19(31)27-14(8-7-9-25-21(23)24)17(29)28-15(10-11(2)3)18(30)26-13(5)20(32)33/h11-16H,6-10,22H2,1-5H3,(H,26,30)(H,27,31)(H,28,29)(H,32,33)(H4,23,24,25). The molecule has 0 aliphatic carbocycles. The summed E-state index contributed by atoms with van der Waals surface area (Å²) in [6, 6.07) is -3.86. The van der Waals surface area contributed by atoms with E-state index < -0.39 is 47.9 Å². The first-order chi connectivity index (χ1) is 15.3. The van der Waals surface area contributed by atoms with Crippen molar-refractivity contribution >= 4 is 29.7 Å². The highest BCUT2D eigenvalue weighted by atomic mass is 16.4.